The molecule has 3 heteroatoms. The number of hydrogen-bond donors (Lipinski definition) is 1. The molecular weight excluding hydrogens is 241 g/mol. The van der Waals surface area contributed by atoms with Gasteiger partial charge in [0.2, 0.25) is 0 Å². The zero-order valence-corrected chi connectivity index (χ0v) is 11.0. The first-order chi connectivity index (χ1) is 9.09. The lowest BCUT2D eigenvalue weighted by Crippen LogP contribution is -2.32. The SMILES string of the molecule is C/C(=N\O)C(C)(c1ccccc1)c1cccc(F)c1. The van der Waals surface area contributed by atoms with Crippen LogP contribution < -0.4 is 0 Å². The van der Waals surface area contributed by atoms with Crippen molar-refractivity contribution < 1.29 is 9.60 Å². The van der Waals surface area contributed by atoms with Gasteiger partial charge in [0.15, 0.2) is 0 Å². The average molecular weight is 257 g/mol. The molecule has 0 aliphatic heterocycles. The van der Waals surface area contributed by atoms with Crippen LogP contribution in [0.3, 0.4) is 0 Å². The lowest BCUT2D eigenvalue weighted by Gasteiger charge is -2.30. The van der Waals surface area contributed by atoms with E-state index in [1.165, 1.54) is 12.1 Å². The lowest BCUT2D eigenvalue weighted by molar-refractivity contribution is 0.314. The first kappa shape index (κ1) is 13.3. The molecule has 19 heavy (non-hydrogen) atoms. The molecule has 2 nitrogen and oxygen atoms in total. The van der Waals surface area contributed by atoms with Gasteiger partial charge in [-0.3, -0.25) is 0 Å². The highest BCUT2D eigenvalue weighted by atomic mass is 19.1. The predicted molar refractivity (Wildman–Crippen MR) is 74.2 cm³/mol. The van der Waals surface area contributed by atoms with Crippen LogP contribution in [0.5, 0.6) is 0 Å². The summed E-state index contributed by atoms with van der Waals surface area (Å²) in [5.74, 6) is -0.301. The molecule has 98 valence electrons. The van der Waals surface area contributed by atoms with Gasteiger partial charge in [-0.05, 0) is 37.1 Å². The number of halogens is 1. The highest BCUT2D eigenvalue weighted by molar-refractivity contribution is 5.95. The zero-order valence-electron chi connectivity index (χ0n) is 11.0. The molecule has 0 saturated carbocycles. The second-order valence-electron chi connectivity index (χ2n) is 4.69. The Hall–Kier alpha value is -2.16. The Morgan fingerprint density at radius 1 is 1.05 bits per heavy atom. The first-order valence-electron chi connectivity index (χ1n) is 6.09. The van der Waals surface area contributed by atoms with Crippen LogP contribution in [0.25, 0.3) is 0 Å². The zero-order chi connectivity index (χ0) is 13.9. The van der Waals surface area contributed by atoms with E-state index in [9.17, 15) is 4.39 Å². The van der Waals surface area contributed by atoms with Crippen LogP contribution in [0, 0.1) is 5.82 Å². The topological polar surface area (TPSA) is 32.6 Å². The minimum atomic E-state index is -0.655. The van der Waals surface area contributed by atoms with E-state index in [4.69, 9.17) is 5.21 Å². The summed E-state index contributed by atoms with van der Waals surface area (Å²) in [5, 5.41) is 12.5. The highest BCUT2D eigenvalue weighted by Gasteiger charge is 2.33. The molecule has 1 unspecified atom stereocenters. The average Bonchev–Trinajstić information content (AvgIpc) is 2.46. The van der Waals surface area contributed by atoms with Crippen molar-refractivity contribution in [2.24, 2.45) is 5.16 Å². The van der Waals surface area contributed by atoms with Gasteiger partial charge in [-0.25, -0.2) is 4.39 Å². The maximum Gasteiger partial charge on any atom is 0.123 e. The van der Waals surface area contributed by atoms with Gasteiger partial charge in [0.1, 0.15) is 5.82 Å². The highest BCUT2D eigenvalue weighted by Crippen LogP contribution is 2.33. The lowest BCUT2D eigenvalue weighted by atomic mass is 9.73. The van der Waals surface area contributed by atoms with Crippen LogP contribution in [-0.2, 0) is 5.41 Å². The molecule has 0 spiro atoms. The number of oxime groups is 1. The van der Waals surface area contributed by atoms with Crippen molar-refractivity contribution in [1.29, 1.82) is 0 Å². The molecule has 0 heterocycles. The van der Waals surface area contributed by atoms with Crippen LogP contribution >= 0.6 is 0 Å². The van der Waals surface area contributed by atoms with Crippen molar-refractivity contribution in [3.8, 4) is 0 Å². The monoisotopic (exact) mass is 257 g/mol. The Morgan fingerprint density at radius 3 is 2.26 bits per heavy atom. The number of hydrogen-bond acceptors (Lipinski definition) is 2. The summed E-state index contributed by atoms with van der Waals surface area (Å²) in [5.41, 5.74) is 1.58. The van der Waals surface area contributed by atoms with Crippen LogP contribution in [0.15, 0.2) is 59.8 Å². The number of benzene rings is 2. The van der Waals surface area contributed by atoms with E-state index in [-0.39, 0.29) is 5.82 Å². The first-order valence-corrected chi connectivity index (χ1v) is 6.09. The molecule has 0 fully saturated rings. The predicted octanol–water partition coefficient (Wildman–Crippen LogP) is 3.98. The quantitative estimate of drug-likeness (QED) is 0.503. The molecule has 0 aliphatic carbocycles. The Morgan fingerprint density at radius 2 is 1.68 bits per heavy atom. The summed E-state index contributed by atoms with van der Waals surface area (Å²) in [4.78, 5) is 0. The van der Waals surface area contributed by atoms with E-state index in [1.807, 2.05) is 43.3 Å². The van der Waals surface area contributed by atoms with Crippen molar-refractivity contribution in [3.63, 3.8) is 0 Å². The van der Waals surface area contributed by atoms with Gasteiger partial charge < -0.3 is 5.21 Å². The summed E-state index contributed by atoms with van der Waals surface area (Å²) in [6.07, 6.45) is 0. The molecule has 2 aromatic carbocycles. The van der Waals surface area contributed by atoms with Gasteiger partial charge in [-0.15, -0.1) is 0 Å². The van der Waals surface area contributed by atoms with Crippen molar-refractivity contribution in [2.45, 2.75) is 19.3 Å². The fourth-order valence-electron chi connectivity index (χ4n) is 2.26. The second-order valence-corrected chi connectivity index (χ2v) is 4.69. The third-order valence-corrected chi connectivity index (χ3v) is 3.63. The van der Waals surface area contributed by atoms with Gasteiger partial charge in [-0.2, -0.15) is 0 Å². The summed E-state index contributed by atoms with van der Waals surface area (Å²) in [7, 11) is 0. The minimum Gasteiger partial charge on any atom is -0.411 e. The van der Waals surface area contributed by atoms with Gasteiger partial charge in [-0.1, -0.05) is 47.6 Å². The van der Waals surface area contributed by atoms with Crippen molar-refractivity contribution >= 4 is 5.71 Å². The van der Waals surface area contributed by atoms with Crippen molar-refractivity contribution in [3.05, 3.63) is 71.5 Å². The molecular formula is C16H16FNO. The Balaban J connectivity index is 2.66. The van der Waals surface area contributed by atoms with E-state index < -0.39 is 5.41 Å². The smallest absolute Gasteiger partial charge is 0.123 e. The molecule has 1 atom stereocenters. The normalized spacial score (nSPS) is 15.0. The van der Waals surface area contributed by atoms with Crippen LogP contribution in [0.1, 0.15) is 25.0 Å². The molecule has 0 radical (unpaired) electrons. The van der Waals surface area contributed by atoms with Gasteiger partial charge in [0.25, 0.3) is 0 Å². The maximum atomic E-state index is 13.5. The molecule has 2 rings (SSSR count). The summed E-state index contributed by atoms with van der Waals surface area (Å²) < 4.78 is 13.5. The summed E-state index contributed by atoms with van der Waals surface area (Å²) >= 11 is 0. The molecule has 0 amide bonds. The Bertz CT molecular complexity index is 595. The largest absolute Gasteiger partial charge is 0.411 e. The molecule has 0 aromatic heterocycles. The molecule has 0 bridgehead atoms. The fraction of sp³-hybridized carbons (Fsp3) is 0.188. The van der Waals surface area contributed by atoms with Crippen molar-refractivity contribution in [2.75, 3.05) is 0 Å². The maximum absolute atomic E-state index is 13.5. The Labute approximate surface area is 112 Å². The Kier molecular flexibility index (Phi) is 3.65. The molecule has 0 saturated heterocycles. The van der Waals surface area contributed by atoms with E-state index >= 15 is 0 Å². The van der Waals surface area contributed by atoms with Crippen LogP contribution in [-0.4, -0.2) is 10.9 Å². The minimum absolute atomic E-state index is 0.301. The van der Waals surface area contributed by atoms with Gasteiger partial charge in [0.05, 0.1) is 11.1 Å². The van der Waals surface area contributed by atoms with Gasteiger partial charge in [0, 0.05) is 0 Å². The van der Waals surface area contributed by atoms with Crippen molar-refractivity contribution in [1.82, 2.24) is 0 Å². The third-order valence-electron chi connectivity index (χ3n) is 3.63. The summed E-state index contributed by atoms with van der Waals surface area (Å²) in [6, 6.07) is 16.0. The summed E-state index contributed by atoms with van der Waals surface area (Å²) in [6.45, 7) is 3.66. The number of nitrogens with zero attached hydrogens (tertiary/aromatic N) is 1. The third kappa shape index (κ3) is 2.36. The number of rotatable bonds is 3. The fourth-order valence-corrected chi connectivity index (χ4v) is 2.26. The van der Waals surface area contributed by atoms with Crippen LogP contribution in [0.4, 0.5) is 4.39 Å². The van der Waals surface area contributed by atoms with E-state index in [0.717, 1.165) is 11.1 Å². The molecule has 0 aliphatic rings. The van der Waals surface area contributed by atoms with E-state index in [0.29, 0.717) is 5.71 Å². The van der Waals surface area contributed by atoms with E-state index in [1.54, 1.807) is 13.0 Å². The second kappa shape index (κ2) is 5.22. The van der Waals surface area contributed by atoms with Crippen LogP contribution in [0.2, 0.25) is 0 Å². The van der Waals surface area contributed by atoms with Gasteiger partial charge >= 0.3 is 0 Å². The van der Waals surface area contributed by atoms with E-state index in [2.05, 4.69) is 5.16 Å². The molecule has 2 aromatic rings. The molecule has 1 N–H and O–H groups in total. The standard InChI is InChI=1S/C16H16FNO/c1-12(18-19)16(2,13-7-4-3-5-8-13)14-9-6-10-15(17)11-14/h3-11,19H,1-2H3/b18-12+.